The first kappa shape index (κ1) is 20.9. The summed E-state index contributed by atoms with van der Waals surface area (Å²) >= 11 is 6.64. The molecule has 0 bridgehead atoms. The molecule has 1 saturated heterocycles. The third kappa shape index (κ3) is 4.18. The number of aromatic amines is 1. The van der Waals surface area contributed by atoms with Crippen molar-refractivity contribution in [3.05, 3.63) is 70.7 Å². The maximum Gasteiger partial charge on any atom is 0.300 e. The van der Waals surface area contributed by atoms with E-state index in [2.05, 4.69) is 65.1 Å². The molecule has 0 amide bonds. The maximum absolute atomic E-state index is 6.64. The standard InChI is InChI=1S/C26H26ClN3O2/c1-3-18-14-21(9-4-17(18)2)32-26-28-24-15-22(23(27)16-25(24)29-26)19-5-7-20(8-6-19)30-10-12-31-13-11-30/h4-9,14-16H,3,10-13H2,1-2H3,(H,28,29). The van der Waals surface area contributed by atoms with Crippen LogP contribution in [0.3, 0.4) is 0 Å². The molecule has 5 rings (SSSR count). The Balaban J connectivity index is 1.41. The van der Waals surface area contributed by atoms with Gasteiger partial charge in [0.25, 0.3) is 6.01 Å². The van der Waals surface area contributed by atoms with E-state index in [-0.39, 0.29) is 0 Å². The van der Waals surface area contributed by atoms with Crippen LogP contribution in [-0.2, 0) is 11.2 Å². The lowest BCUT2D eigenvalue weighted by atomic mass is 10.0. The molecular weight excluding hydrogens is 422 g/mol. The first-order valence-corrected chi connectivity index (χ1v) is 11.4. The number of aromatic nitrogens is 2. The third-order valence-electron chi connectivity index (χ3n) is 6.02. The SMILES string of the molecule is CCc1cc(Oc2nc3cc(-c4ccc(N5CCOCC5)cc4)c(Cl)cc3[nH]2)ccc1C. The Kier molecular flexibility index (Phi) is 5.77. The van der Waals surface area contributed by atoms with Crippen LogP contribution in [0.15, 0.2) is 54.6 Å². The van der Waals surface area contributed by atoms with Gasteiger partial charge in [-0.3, -0.25) is 0 Å². The van der Waals surface area contributed by atoms with Gasteiger partial charge in [0.15, 0.2) is 0 Å². The number of aryl methyl sites for hydroxylation is 2. The fraction of sp³-hybridized carbons (Fsp3) is 0.269. The Hall–Kier alpha value is -3.02. The third-order valence-corrected chi connectivity index (χ3v) is 6.33. The van der Waals surface area contributed by atoms with Gasteiger partial charge in [0.1, 0.15) is 5.75 Å². The number of nitrogens with one attached hydrogen (secondary N) is 1. The molecule has 1 aliphatic rings. The highest BCUT2D eigenvalue weighted by atomic mass is 35.5. The fourth-order valence-corrected chi connectivity index (χ4v) is 4.43. The average Bonchev–Trinajstić information content (AvgIpc) is 3.21. The van der Waals surface area contributed by atoms with Crippen molar-refractivity contribution in [3.63, 3.8) is 0 Å². The highest BCUT2D eigenvalue weighted by Crippen LogP contribution is 2.34. The number of fused-ring (bicyclic) bond motifs is 1. The Morgan fingerprint density at radius 1 is 1.06 bits per heavy atom. The van der Waals surface area contributed by atoms with Crippen molar-refractivity contribution in [2.75, 3.05) is 31.2 Å². The summed E-state index contributed by atoms with van der Waals surface area (Å²) < 4.78 is 11.5. The minimum absolute atomic E-state index is 0.460. The van der Waals surface area contributed by atoms with Gasteiger partial charge in [-0.25, -0.2) is 0 Å². The number of hydrogen-bond acceptors (Lipinski definition) is 4. The van der Waals surface area contributed by atoms with Crippen LogP contribution < -0.4 is 9.64 Å². The van der Waals surface area contributed by atoms with E-state index < -0.39 is 0 Å². The van der Waals surface area contributed by atoms with Crippen LogP contribution in [0.4, 0.5) is 5.69 Å². The first-order chi connectivity index (χ1) is 15.6. The Labute approximate surface area is 192 Å². The molecule has 1 aliphatic heterocycles. The zero-order valence-electron chi connectivity index (χ0n) is 18.3. The molecule has 0 saturated carbocycles. The summed E-state index contributed by atoms with van der Waals surface area (Å²) in [5.74, 6) is 0.775. The minimum Gasteiger partial charge on any atom is -0.426 e. The van der Waals surface area contributed by atoms with Crippen molar-refractivity contribution >= 4 is 28.3 Å². The summed E-state index contributed by atoms with van der Waals surface area (Å²) in [5.41, 5.74) is 7.42. The summed E-state index contributed by atoms with van der Waals surface area (Å²) in [5, 5.41) is 0.676. The molecule has 3 aromatic carbocycles. The van der Waals surface area contributed by atoms with Crippen LogP contribution in [-0.4, -0.2) is 36.3 Å². The van der Waals surface area contributed by atoms with Gasteiger partial charge in [-0.1, -0.05) is 36.7 Å². The van der Waals surface area contributed by atoms with Crippen LogP contribution in [0.25, 0.3) is 22.2 Å². The molecule has 1 N–H and O–H groups in total. The number of H-pyrrole nitrogens is 1. The zero-order valence-corrected chi connectivity index (χ0v) is 19.1. The van der Waals surface area contributed by atoms with Crippen molar-refractivity contribution in [3.8, 4) is 22.9 Å². The molecule has 5 nitrogen and oxygen atoms in total. The van der Waals surface area contributed by atoms with E-state index in [1.165, 1.54) is 16.8 Å². The normalized spacial score (nSPS) is 14.2. The molecule has 164 valence electrons. The molecule has 0 unspecified atom stereocenters. The van der Waals surface area contributed by atoms with E-state index in [0.717, 1.165) is 60.6 Å². The highest BCUT2D eigenvalue weighted by Gasteiger charge is 2.14. The Morgan fingerprint density at radius 2 is 1.84 bits per heavy atom. The van der Waals surface area contributed by atoms with E-state index in [9.17, 15) is 0 Å². The molecule has 32 heavy (non-hydrogen) atoms. The predicted octanol–water partition coefficient (Wildman–Crippen LogP) is 6.38. The van der Waals surface area contributed by atoms with Crippen molar-refractivity contribution in [2.45, 2.75) is 20.3 Å². The molecule has 2 heterocycles. The van der Waals surface area contributed by atoms with Gasteiger partial charge in [-0.05, 0) is 66.4 Å². The molecule has 0 spiro atoms. The number of ether oxygens (including phenoxy) is 2. The smallest absolute Gasteiger partial charge is 0.300 e. The van der Waals surface area contributed by atoms with Crippen molar-refractivity contribution in [2.24, 2.45) is 0 Å². The summed E-state index contributed by atoms with van der Waals surface area (Å²) in [4.78, 5) is 10.2. The molecular formula is C26H26ClN3O2. The van der Waals surface area contributed by atoms with Gasteiger partial charge in [0, 0.05) is 24.3 Å². The number of morpholine rings is 1. The quantitative estimate of drug-likeness (QED) is 0.385. The average molecular weight is 448 g/mol. The van der Waals surface area contributed by atoms with Crippen LogP contribution in [0.1, 0.15) is 18.1 Å². The number of nitrogens with zero attached hydrogens (tertiary/aromatic N) is 2. The lowest BCUT2D eigenvalue weighted by Gasteiger charge is -2.29. The Bertz CT molecular complexity index is 1240. The minimum atomic E-state index is 0.460. The van der Waals surface area contributed by atoms with Crippen LogP contribution >= 0.6 is 11.6 Å². The zero-order chi connectivity index (χ0) is 22.1. The summed E-state index contributed by atoms with van der Waals surface area (Å²) in [6, 6.07) is 19.0. The number of rotatable bonds is 5. The second kappa shape index (κ2) is 8.85. The Morgan fingerprint density at radius 3 is 2.59 bits per heavy atom. The molecule has 0 aliphatic carbocycles. The van der Waals surface area contributed by atoms with Crippen LogP contribution in [0, 0.1) is 6.92 Å². The first-order valence-electron chi connectivity index (χ1n) is 11.0. The van der Waals surface area contributed by atoms with Gasteiger partial charge in [0.2, 0.25) is 0 Å². The second-order valence-electron chi connectivity index (χ2n) is 8.08. The van der Waals surface area contributed by atoms with Crippen LogP contribution in [0.5, 0.6) is 11.8 Å². The largest absolute Gasteiger partial charge is 0.426 e. The number of imidazole rings is 1. The van der Waals surface area contributed by atoms with Crippen molar-refractivity contribution in [1.29, 1.82) is 0 Å². The summed E-state index contributed by atoms with van der Waals surface area (Å²) in [6.07, 6.45) is 0.965. The molecule has 1 fully saturated rings. The van der Waals surface area contributed by atoms with Gasteiger partial charge in [-0.2, -0.15) is 4.98 Å². The van der Waals surface area contributed by atoms with Gasteiger partial charge in [-0.15, -0.1) is 0 Å². The van der Waals surface area contributed by atoms with Gasteiger partial charge >= 0.3 is 0 Å². The molecule has 1 aromatic heterocycles. The van der Waals surface area contributed by atoms with Gasteiger partial charge in [0.05, 0.1) is 29.3 Å². The maximum atomic E-state index is 6.64. The lowest BCUT2D eigenvalue weighted by Crippen LogP contribution is -2.36. The van der Waals surface area contributed by atoms with Crippen molar-refractivity contribution in [1.82, 2.24) is 9.97 Å². The fourth-order valence-electron chi connectivity index (χ4n) is 4.15. The van der Waals surface area contributed by atoms with Crippen LogP contribution in [0.2, 0.25) is 5.02 Å². The van der Waals surface area contributed by atoms with E-state index in [1.54, 1.807) is 0 Å². The molecule has 6 heteroatoms. The molecule has 0 atom stereocenters. The predicted molar refractivity (Wildman–Crippen MR) is 130 cm³/mol. The van der Waals surface area contributed by atoms with E-state index in [4.69, 9.17) is 21.1 Å². The topological polar surface area (TPSA) is 50.4 Å². The number of hydrogen-bond donors (Lipinski definition) is 1. The van der Waals surface area contributed by atoms with Gasteiger partial charge < -0.3 is 19.4 Å². The van der Waals surface area contributed by atoms with E-state index >= 15 is 0 Å². The second-order valence-corrected chi connectivity index (χ2v) is 8.49. The number of halogens is 1. The molecule has 0 radical (unpaired) electrons. The van der Waals surface area contributed by atoms with E-state index in [1.807, 2.05) is 18.2 Å². The summed E-state index contributed by atoms with van der Waals surface area (Å²) in [6.45, 7) is 7.64. The lowest BCUT2D eigenvalue weighted by molar-refractivity contribution is 0.122. The summed E-state index contributed by atoms with van der Waals surface area (Å²) in [7, 11) is 0. The monoisotopic (exact) mass is 447 g/mol. The molecule has 4 aromatic rings. The number of anilines is 1. The number of benzene rings is 3. The van der Waals surface area contributed by atoms with E-state index in [0.29, 0.717) is 11.0 Å². The van der Waals surface area contributed by atoms with Crippen molar-refractivity contribution < 1.29 is 9.47 Å². The highest BCUT2D eigenvalue weighted by molar-refractivity contribution is 6.34.